The van der Waals surface area contributed by atoms with Gasteiger partial charge in [-0.15, -0.1) is 0 Å². The zero-order valence-corrected chi connectivity index (χ0v) is 10.9. The summed E-state index contributed by atoms with van der Waals surface area (Å²) in [5, 5.41) is 12.4. The van der Waals surface area contributed by atoms with Gasteiger partial charge in [0.05, 0.1) is 18.2 Å². The first-order valence-electron chi connectivity index (χ1n) is 6.55. The van der Waals surface area contributed by atoms with Gasteiger partial charge in [0.15, 0.2) is 0 Å². The Kier molecular flexibility index (Phi) is 3.29. The topological polar surface area (TPSA) is 58.6 Å². The molecule has 0 aromatic heterocycles. The van der Waals surface area contributed by atoms with Gasteiger partial charge in [0.1, 0.15) is 5.75 Å². The first kappa shape index (κ1) is 12.5. The Morgan fingerprint density at radius 2 is 2.05 bits per heavy atom. The molecule has 102 valence electrons. The molecule has 1 unspecified atom stereocenters. The fraction of sp³-hybridized carbons (Fsp3) is 0.188. The van der Waals surface area contributed by atoms with Crippen molar-refractivity contribution in [1.82, 2.24) is 0 Å². The molecule has 4 nitrogen and oxygen atoms in total. The highest BCUT2D eigenvalue weighted by molar-refractivity contribution is 5.88. The highest BCUT2D eigenvalue weighted by atomic mass is 16.5. The number of anilines is 1. The van der Waals surface area contributed by atoms with E-state index in [4.69, 9.17) is 9.84 Å². The molecule has 0 amide bonds. The van der Waals surface area contributed by atoms with Crippen molar-refractivity contribution in [2.45, 2.75) is 12.5 Å². The van der Waals surface area contributed by atoms with E-state index >= 15 is 0 Å². The smallest absolute Gasteiger partial charge is 0.335 e. The summed E-state index contributed by atoms with van der Waals surface area (Å²) in [4.78, 5) is 11.0. The van der Waals surface area contributed by atoms with Crippen molar-refractivity contribution >= 4 is 11.7 Å². The van der Waals surface area contributed by atoms with Crippen molar-refractivity contribution in [3.63, 3.8) is 0 Å². The number of carboxylic acid groups (broad SMARTS) is 1. The molecule has 20 heavy (non-hydrogen) atoms. The van der Waals surface area contributed by atoms with Crippen LogP contribution in [0.2, 0.25) is 0 Å². The monoisotopic (exact) mass is 269 g/mol. The third-order valence-corrected chi connectivity index (χ3v) is 3.41. The number of nitrogens with one attached hydrogen (secondary N) is 1. The minimum Gasteiger partial charge on any atom is -0.493 e. The van der Waals surface area contributed by atoms with E-state index in [0.717, 1.165) is 23.4 Å². The Bertz CT molecular complexity index is 639. The molecule has 3 rings (SSSR count). The minimum atomic E-state index is -0.916. The predicted octanol–water partition coefficient (Wildman–Crippen LogP) is 3.32. The van der Waals surface area contributed by atoms with Crippen molar-refractivity contribution in [3.8, 4) is 5.75 Å². The molecule has 1 atom stereocenters. The molecule has 2 aromatic rings. The van der Waals surface area contributed by atoms with Crippen LogP contribution in [0, 0.1) is 0 Å². The second-order valence-electron chi connectivity index (χ2n) is 4.76. The van der Waals surface area contributed by atoms with Gasteiger partial charge in [0.25, 0.3) is 0 Å². The molecule has 2 aromatic carbocycles. The highest BCUT2D eigenvalue weighted by Crippen LogP contribution is 2.34. The Balaban J connectivity index is 1.85. The molecule has 1 aliphatic heterocycles. The van der Waals surface area contributed by atoms with E-state index in [2.05, 4.69) is 5.32 Å². The Morgan fingerprint density at radius 3 is 2.90 bits per heavy atom. The number of hydrogen-bond donors (Lipinski definition) is 2. The summed E-state index contributed by atoms with van der Waals surface area (Å²) < 4.78 is 5.62. The number of benzene rings is 2. The SMILES string of the molecule is O=C(O)c1cccc(NC2CCOc3ccccc32)c1. The summed E-state index contributed by atoms with van der Waals surface area (Å²) in [6.07, 6.45) is 0.855. The maximum absolute atomic E-state index is 11.0. The molecule has 0 fully saturated rings. The number of rotatable bonds is 3. The lowest BCUT2D eigenvalue weighted by Crippen LogP contribution is -2.20. The fourth-order valence-corrected chi connectivity index (χ4v) is 2.44. The van der Waals surface area contributed by atoms with Gasteiger partial charge in [0.2, 0.25) is 0 Å². The second-order valence-corrected chi connectivity index (χ2v) is 4.76. The van der Waals surface area contributed by atoms with E-state index in [1.807, 2.05) is 30.3 Å². The Hall–Kier alpha value is -2.49. The quantitative estimate of drug-likeness (QED) is 0.897. The van der Waals surface area contributed by atoms with E-state index in [9.17, 15) is 4.79 Å². The van der Waals surface area contributed by atoms with Crippen LogP contribution >= 0.6 is 0 Å². The van der Waals surface area contributed by atoms with Gasteiger partial charge < -0.3 is 15.2 Å². The lowest BCUT2D eigenvalue weighted by molar-refractivity contribution is 0.0697. The van der Waals surface area contributed by atoms with E-state index in [1.165, 1.54) is 0 Å². The van der Waals surface area contributed by atoms with E-state index in [1.54, 1.807) is 18.2 Å². The molecule has 0 saturated heterocycles. The Labute approximate surface area is 117 Å². The van der Waals surface area contributed by atoms with Crippen LogP contribution in [0.4, 0.5) is 5.69 Å². The number of hydrogen-bond acceptors (Lipinski definition) is 3. The van der Waals surface area contributed by atoms with Crippen LogP contribution in [-0.2, 0) is 0 Å². The molecular weight excluding hydrogens is 254 g/mol. The van der Waals surface area contributed by atoms with Gasteiger partial charge in [-0.2, -0.15) is 0 Å². The minimum absolute atomic E-state index is 0.143. The Morgan fingerprint density at radius 1 is 1.20 bits per heavy atom. The molecule has 4 heteroatoms. The molecule has 0 bridgehead atoms. The van der Waals surface area contributed by atoms with Gasteiger partial charge in [-0.3, -0.25) is 0 Å². The molecule has 2 N–H and O–H groups in total. The lowest BCUT2D eigenvalue weighted by Gasteiger charge is -2.27. The van der Waals surface area contributed by atoms with Gasteiger partial charge in [-0.05, 0) is 24.3 Å². The summed E-state index contributed by atoms with van der Waals surface area (Å²) in [5.41, 5.74) is 2.21. The van der Waals surface area contributed by atoms with Gasteiger partial charge in [-0.25, -0.2) is 4.79 Å². The first-order chi connectivity index (χ1) is 9.74. The van der Waals surface area contributed by atoms with Crippen LogP contribution < -0.4 is 10.1 Å². The first-order valence-corrected chi connectivity index (χ1v) is 6.55. The molecule has 0 radical (unpaired) electrons. The van der Waals surface area contributed by atoms with Crippen LogP contribution in [0.15, 0.2) is 48.5 Å². The second kappa shape index (κ2) is 5.25. The van der Waals surface area contributed by atoms with Crippen molar-refractivity contribution in [2.75, 3.05) is 11.9 Å². The molecule has 0 aliphatic carbocycles. The molecular formula is C16H15NO3. The molecule has 0 saturated carbocycles. The zero-order valence-electron chi connectivity index (χ0n) is 10.9. The fourth-order valence-electron chi connectivity index (χ4n) is 2.44. The van der Waals surface area contributed by atoms with Crippen LogP contribution in [0.25, 0.3) is 0 Å². The predicted molar refractivity (Wildman–Crippen MR) is 76.3 cm³/mol. The van der Waals surface area contributed by atoms with Crippen molar-refractivity contribution in [2.24, 2.45) is 0 Å². The van der Waals surface area contributed by atoms with Crippen LogP contribution in [-0.4, -0.2) is 17.7 Å². The average molecular weight is 269 g/mol. The van der Waals surface area contributed by atoms with Crippen molar-refractivity contribution in [1.29, 1.82) is 0 Å². The molecule has 1 aliphatic rings. The van der Waals surface area contributed by atoms with Crippen LogP contribution in [0.1, 0.15) is 28.4 Å². The molecule has 0 spiro atoms. The van der Waals surface area contributed by atoms with E-state index in [0.29, 0.717) is 6.61 Å². The third kappa shape index (κ3) is 2.45. The summed E-state index contributed by atoms with van der Waals surface area (Å²) in [6.45, 7) is 0.660. The number of fused-ring (bicyclic) bond motifs is 1. The largest absolute Gasteiger partial charge is 0.493 e. The van der Waals surface area contributed by atoms with Gasteiger partial charge in [0, 0.05) is 17.7 Å². The third-order valence-electron chi connectivity index (χ3n) is 3.41. The number of para-hydroxylation sites is 1. The lowest BCUT2D eigenvalue weighted by atomic mass is 10.00. The number of carbonyl (C=O) groups is 1. The van der Waals surface area contributed by atoms with Crippen molar-refractivity contribution in [3.05, 3.63) is 59.7 Å². The molecule has 1 heterocycles. The maximum atomic E-state index is 11.0. The van der Waals surface area contributed by atoms with Crippen molar-refractivity contribution < 1.29 is 14.6 Å². The number of aromatic carboxylic acids is 1. The van der Waals surface area contributed by atoms with E-state index in [-0.39, 0.29) is 11.6 Å². The standard InChI is InChI=1S/C16H15NO3/c18-16(19)11-4-3-5-12(10-11)17-14-8-9-20-15-7-2-1-6-13(14)15/h1-7,10,14,17H,8-9H2,(H,18,19). The summed E-state index contributed by atoms with van der Waals surface area (Å²) in [6, 6.07) is 14.9. The number of carboxylic acids is 1. The van der Waals surface area contributed by atoms with Crippen LogP contribution in [0.3, 0.4) is 0 Å². The van der Waals surface area contributed by atoms with Gasteiger partial charge >= 0.3 is 5.97 Å². The normalized spacial score (nSPS) is 16.9. The summed E-state index contributed by atoms with van der Waals surface area (Å²) in [5.74, 6) is -0.0216. The van der Waals surface area contributed by atoms with Gasteiger partial charge in [-0.1, -0.05) is 24.3 Å². The summed E-state index contributed by atoms with van der Waals surface area (Å²) in [7, 11) is 0. The summed E-state index contributed by atoms with van der Waals surface area (Å²) >= 11 is 0. The maximum Gasteiger partial charge on any atom is 0.335 e. The van der Waals surface area contributed by atoms with E-state index < -0.39 is 5.97 Å². The average Bonchev–Trinajstić information content (AvgIpc) is 2.48. The zero-order chi connectivity index (χ0) is 13.9. The highest BCUT2D eigenvalue weighted by Gasteiger charge is 2.20. The number of ether oxygens (including phenoxy) is 1. The van der Waals surface area contributed by atoms with Crippen LogP contribution in [0.5, 0.6) is 5.75 Å².